The van der Waals surface area contributed by atoms with Gasteiger partial charge in [-0.1, -0.05) is 225 Å². The molecule has 0 aliphatic rings. The Hall–Kier alpha value is -3.21. The molecule has 4 nitrogen and oxygen atoms in total. The molecule has 4 heteroatoms. The molecule has 3 N–H and O–H groups in total. The van der Waals surface area contributed by atoms with Gasteiger partial charge in [0.05, 0.1) is 18.8 Å². The quantitative estimate of drug-likeness (QED) is 0.0425. The molecule has 0 aromatic carbocycles. The highest BCUT2D eigenvalue weighted by molar-refractivity contribution is 5.76. The molecule has 334 valence electrons. The van der Waals surface area contributed by atoms with E-state index in [-0.39, 0.29) is 12.5 Å². The van der Waals surface area contributed by atoms with Crippen molar-refractivity contribution >= 4 is 5.91 Å². The highest BCUT2D eigenvalue weighted by atomic mass is 16.3. The standard InChI is InChI=1S/C55H91NO3/c1-3-5-7-9-11-13-14-15-16-17-18-19-20-21-22-23-24-25-26-27-28-29-30-31-32-33-34-35-36-37-38-39-40-41-42-43-45-47-49-51-55(59)56-53(52-57)54(58)50-48-46-44-12-10-8-6-4-2/h5,7,10-13,15-16,18-19,21-22,24-25,27-28,30-31,48,50,53-54,57-58H,3-4,6,8-9,14,17,20,23,26,29,32-47,49,51-52H2,1-2H3,(H,56,59)/b7-5-,12-10+,13-11-,16-15-,19-18-,22-21-,25-24-,28-27-,31-30-,50-48+. The van der Waals surface area contributed by atoms with E-state index in [9.17, 15) is 15.0 Å². The van der Waals surface area contributed by atoms with Crippen LogP contribution in [0, 0.1) is 0 Å². The zero-order valence-corrected chi connectivity index (χ0v) is 38.2. The van der Waals surface area contributed by atoms with E-state index < -0.39 is 12.1 Å². The predicted octanol–water partition coefficient (Wildman–Crippen LogP) is 15.7. The molecule has 0 heterocycles. The first-order valence-electron chi connectivity index (χ1n) is 24.2. The molecule has 0 rings (SSSR count). The summed E-state index contributed by atoms with van der Waals surface area (Å²) in [4.78, 5) is 12.3. The van der Waals surface area contributed by atoms with Crippen molar-refractivity contribution in [2.24, 2.45) is 0 Å². The van der Waals surface area contributed by atoms with E-state index in [2.05, 4.69) is 129 Å². The van der Waals surface area contributed by atoms with Crippen molar-refractivity contribution in [1.29, 1.82) is 0 Å². The van der Waals surface area contributed by atoms with Crippen molar-refractivity contribution in [1.82, 2.24) is 5.32 Å². The summed E-state index contributed by atoms with van der Waals surface area (Å²) in [5.41, 5.74) is 0. The minimum Gasteiger partial charge on any atom is -0.394 e. The first-order chi connectivity index (χ1) is 29.2. The Balaban J connectivity index is 3.54. The van der Waals surface area contributed by atoms with Crippen molar-refractivity contribution < 1.29 is 15.0 Å². The molecule has 0 spiro atoms. The molecular formula is C55H91NO3. The number of hydrogen-bond acceptors (Lipinski definition) is 3. The summed E-state index contributed by atoms with van der Waals surface area (Å²) < 4.78 is 0. The fourth-order valence-electron chi connectivity index (χ4n) is 6.49. The predicted molar refractivity (Wildman–Crippen MR) is 262 cm³/mol. The lowest BCUT2D eigenvalue weighted by molar-refractivity contribution is -0.123. The monoisotopic (exact) mass is 814 g/mol. The average Bonchev–Trinajstić information content (AvgIpc) is 3.24. The number of amides is 1. The lowest BCUT2D eigenvalue weighted by Gasteiger charge is -2.19. The van der Waals surface area contributed by atoms with Crippen LogP contribution in [0.5, 0.6) is 0 Å². The lowest BCUT2D eigenvalue weighted by atomic mass is 10.0. The summed E-state index contributed by atoms with van der Waals surface area (Å²) in [5.74, 6) is -0.0838. The third kappa shape index (κ3) is 45.7. The molecule has 0 aliphatic heterocycles. The molecule has 0 saturated heterocycles. The van der Waals surface area contributed by atoms with Gasteiger partial charge in [0, 0.05) is 6.42 Å². The normalized spacial score (nSPS) is 14.0. The smallest absolute Gasteiger partial charge is 0.220 e. The molecule has 0 aliphatic carbocycles. The van der Waals surface area contributed by atoms with Gasteiger partial charge in [0.1, 0.15) is 0 Å². The third-order valence-corrected chi connectivity index (χ3v) is 10.2. The minimum atomic E-state index is -0.865. The Morgan fingerprint density at radius 2 is 0.763 bits per heavy atom. The number of rotatable bonds is 42. The van der Waals surface area contributed by atoms with Gasteiger partial charge in [-0.05, 0) is 89.9 Å². The van der Waals surface area contributed by atoms with E-state index in [0.29, 0.717) is 6.42 Å². The van der Waals surface area contributed by atoms with E-state index >= 15 is 0 Å². The van der Waals surface area contributed by atoms with Gasteiger partial charge in [-0.25, -0.2) is 0 Å². The van der Waals surface area contributed by atoms with E-state index in [4.69, 9.17) is 0 Å². The second-order valence-corrected chi connectivity index (χ2v) is 15.8. The molecule has 2 unspecified atom stereocenters. The maximum absolute atomic E-state index is 12.3. The highest BCUT2D eigenvalue weighted by Gasteiger charge is 2.17. The minimum absolute atomic E-state index is 0.0838. The molecule has 0 bridgehead atoms. The second-order valence-electron chi connectivity index (χ2n) is 15.8. The Kier molecular flexibility index (Phi) is 46.5. The first-order valence-corrected chi connectivity index (χ1v) is 24.2. The van der Waals surface area contributed by atoms with Gasteiger partial charge in [0.2, 0.25) is 5.91 Å². The van der Waals surface area contributed by atoms with Gasteiger partial charge in [0.25, 0.3) is 0 Å². The topological polar surface area (TPSA) is 69.6 Å². The van der Waals surface area contributed by atoms with Gasteiger partial charge in [-0.3, -0.25) is 4.79 Å². The molecule has 59 heavy (non-hydrogen) atoms. The van der Waals surface area contributed by atoms with E-state index in [0.717, 1.165) is 83.5 Å². The Bertz CT molecular complexity index is 1200. The zero-order valence-electron chi connectivity index (χ0n) is 38.2. The first kappa shape index (κ1) is 55.8. The third-order valence-electron chi connectivity index (χ3n) is 10.2. The SMILES string of the molecule is CC/C=C\C/C=C\C/C=C\C/C=C\C/C=C\C/C=C\C/C=C\C/C=C\CCCCCCCCCCCCCCCCC(=O)NC(CO)C(O)/C=C/CC/C=C/CCCC. The van der Waals surface area contributed by atoms with Crippen molar-refractivity contribution in [3.63, 3.8) is 0 Å². The van der Waals surface area contributed by atoms with Crippen molar-refractivity contribution in [3.8, 4) is 0 Å². The van der Waals surface area contributed by atoms with Gasteiger partial charge in [-0.2, -0.15) is 0 Å². The van der Waals surface area contributed by atoms with E-state index in [1.807, 2.05) is 6.08 Å². The number of aliphatic hydroxyl groups excluding tert-OH is 2. The van der Waals surface area contributed by atoms with Crippen LogP contribution in [0.4, 0.5) is 0 Å². The largest absolute Gasteiger partial charge is 0.394 e. The number of nitrogens with one attached hydrogen (secondary N) is 1. The highest BCUT2D eigenvalue weighted by Crippen LogP contribution is 2.14. The van der Waals surface area contributed by atoms with Crippen molar-refractivity contribution in [2.75, 3.05) is 6.61 Å². The molecule has 0 aromatic rings. The molecule has 0 saturated carbocycles. The summed E-state index contributed by atoms with van der Waals surface area (Å²) in [6.07, 6.45) is 76.3. The van der Waals surface area contributed by atoms with Gasteiger partial charge in [0.15, 0.2) is 0 Å². The number of aliphatic hydroxyl groups is 2. The van der Waals surface area contributed by atoms with Crippen LogP contribution in [0.1, 0.15) is 200 Å². The fraction of sp³-hybridized carbons (Fsp3) is 0.618. The van der Waals surface area contributed by atoms with Crippen LogP contribution in [0.2, 0.25) is 0 Å². The van der Waals surface area contributed by atoms with Crippen LogP contribution >= 0.6 is 0 Å². The van der Waals surface area contributed by atoms with Crippen LogP contribution in [-0.2, 0) is 4.79 Å². The molecule has 2 atom stereocenters. The Morgan fingerprint density at radius 1 is 0.424 bits per heavy atom. The maximum Gasteiger partial charge on any atom is 0.220 e. The molecular weight excluding hydrogens is 723 g/mol. The summed E-state index contributed by atoms with van der Waals surface area (Å²) in [6.45, 7) is 4.09. The second kappa shape index (κ2) is 49.2. The van der Waals surface area contributed by atoms with Crippen LogP contribution in [0.3, 0.4) is 0 Å². The van der Waals surface area contributed by atoms with E-state index in [1.54, 1.807) is 6.08 Å². The van der Waals surface area contributed by atoms with Gasteiger partial charge >= 0.3 is 0 Å². The molecule has 0 fully saturated rings. The number of carbonyl (C=O) groups excluding carboxylic acids is 1. The van der Waals surface area contributed by atoms with Crippen LogP contribution in [0.15, 0.2) is 122 Å². The summed E-state index contributed by atoms with van der Waals surface area (Å²) in [6, 6.07) is -0.643. The molecule has 1 amide bonds. The number of hydrogen-bond donors (Lipinski definition) is 3. The van der Waals surface area contributed by atoms with Crippen molar-refractivity contribution in [3.05, 3.63) is 122 Å². The van der Waals surface area contributed by atoms with Crippen molar-refractivity contribution in [2.45, 2.75) is 212 Å². The molecule has 0 radical (unpaired) electrons. The van der Waals surface area contributed by atoms with Gasteiger partial charge in [-0.15, -0.1) is 0 Å². The summed E-state index contributed by atoms with van der Waals surface area (Å²) in [5, 5.41) is 22.8. The maximum atomic E-state index is 12.3. The number of unbranched alkanes of at least 4 members (excludes halogenated alkanes) is 17. The summed E-state index contributed by atoms with van der Waals surface area (Å²) >= 11 is 0. The summed E-state index contributed by atoms with van der Waals surface area (Å²) in [7, 11) is 0. The molecule has 0 aromatic heterocycles. The van der Waals surface area contributed by atoms with E-state index in [1.165, 1.54) is 96.3 Å². The van der Waals surface area contributed by atoms with Gasteiger partial charge < -0.3 is 15.5 Å². The zero-order chi connectivity index (χ0) is 42.8. The fourth-order valence-corrected chi connectivity index (χ4v) is 6.49. The Labute approximate surface area is 365 Å². The van der Waals surface area contributed by atoms with Crippen LogP contribution < -0.4 is 5.32 Å². The Morgan fingerprint density at radius 3 is 1.19 bits per heavy atom. The van der Waals surface area contributed by atoms with Crippen LogP contribution in [0.25, 0.3) is 0 Å². The number of allylic oxidation sites excluding steroid dienone is 19. The number of carbonyl (C=O) groups is 1. The lowest BCUT2D eigenvalue weighted by Crippen LogP contribution is -2.45. The average molecular weight is 814 g/mol. The van der Waals surface area contributed by atoms with Crippen LogP contribution in [-0.4, -0.2) is 34.9 Å².